The first-order valence-electron chi connectivity index (χ1n) is 8.25. The zero-order valence-electron chi connectivity index (χ0n) is 14.1. The van der Waals surface area contributed by atoms with Crippen LogP contribution in [-0.2, 0) is 6.42 Å². The second kappa shape index (κ2) is 6.12. The number of aromatic nitrogens is 10. The van der Waals surface area contributed by atoms with Crippen LogP contribution in [0.5, 0.6) is 0 Å². The Hall–Kier alpha value is -4.35. The normalized spacial score (nSPS) is 11.3. The number of tetrazole rings is 1. The van der Waals surface area contributed by atoms with Crippen molar-refractivity contribution in [1.82, 2.24) is 50.8 Å². The number of aromatic amines is 5. The van der Waals surface area contributed by atoms with E-state index in [0.717, 1.165) is 16.8 Å². The molecular weight excluding hydrogens is 364 g/mol. The molecule has 0 unspecified atom stereocenters. The van der Waals surface area contributed by atoms with Gasteiger partial charge in [-0.1, -0.05) is 18.2 Å². The number of nitrogens with one attached hydrogen (secondary N) is 5. The van der Waals surface area contributed by atoms with E-state index >= 15 is 0 Å². The van der Waals surface area contributed by atoms with Gasteiger partial charge in [-0.3, -0.25) is 19.9 Å². The third-order valence-corrected chi connectivity index (χ3v) is 4.27. The molecule has 5 rings (SSSR count). The molecule has 0 atom stereocenters. The average molecular weight is 376 g/mol. The quantitative estimate of drug-likeness (QED) is 0.295. The number of hydrogen-bond acceptors (Lipinski definition) is 7. The molecule has 0 aliphatic carbocycles. The average Bonchev–Trinajstić information content (AvgIpc) is 3.42. The van der Waals surface area contributed by atoms with E-state index in [-0.39, 0.29) is 11.2 Å². The fourth-order valence-corrected chi connectivity index (χ4v) is 3.02. The van der Waals surface area contributed by atoms with Crippen LogP contribution in [0.4, 0.5) is 0 Å². The molecule has 0 aliphatic heterocycles. The molecule has 0 saturated heterocycles. The third kappa shape index (κ3) is 2.68. The Morgan fingerprint density at radius 3 is 2.86 bits per heavy atom. The molecule has 28 heavy (non-hydrogen) atoms. The SMILES string of the molecule is O=c1[nH]c(=O)c2[nH]c(-c3cn[nH]c3Cc3cccc(-c4nn[nH]n4)c3)nc2[nH]1. The summed E-state index contributed by atoms with van der Waals surface area (Å²) in [4.78, 5) is 35.3. The summed E-state index contributed by atoms with van der Waals surface area (Å²) in [5, 5.41) is 21.0. The molecule has 4 heterocycles. The molecule has 12 heteroatoms. The van der Waals surface area contributed by atoms with Crippen molar-refractivity contribution in [3.63, 3.8) is 0 Å². The molecule has 0 spiro atoms. The lowest BCUT2D eigenvalue weighted by atomic mass is 10.0. The number of hydrogen-bond donors (Lipinski definition) is 5. The topological polar surface area (TPSA) is 178 Å². The van der Waals surface area contributed by atoms with Crippen LogP contribution in [0.3, 0.4) is 0 Å². The second-order valence-corrected chi connectivity index (χ2v) is 6.09. The van der Waals surface area contributed by atoms with Crippen molar-refractivity contribution in [1.29, 1.82) is 0 Å². The van der Waals surface area contributed by atoms with Crippen molar-refractivity contribution >= 4 is 11.2 Å². The molecule has 12 nitrogen and oxygen atoms in total. The van der Waals surface area contributed by atoms with Crippen molar-refractivity contribution in [2.75, 3.05) is 0 Å². The maximum absolute atomic E-state index is 11.9. The molecule has 0 amide bonds. The lowest BCUT2D eigenvalue weighted by molar-refractivity contribution is 0.881. The summed E-state index contributed by atoms with van der Waals surface area (Å²) in [6.45, 7) is 0. The largest absolute Gasteiger partial charge is 0.332 e. The van der Waals surface area contributed by atoms with Gasteiger partial charge in [0.15, 0.2) is 5.65 Å². The van der Waals surface area contributed by atoms with Gasteiger partial charge in [-0.2, -0.15) is 10.3 Å². The molecule has 5 N–H and O–H groups in total. The number of imidazole rings is 1. The number of nitrogens with zero attached hydrogens (tertiary/aromatic N) is 5. The highest BCUT2D eigenvalue weighted by molar-refractivity contribution is 5.75. The summed E-state index contributed by atoms with van der Waals surface area (Å²) in [6.07, 6.45) is 2.15. The van der Waals surface area contributed by atoms with Gasteiger partial charge in [-0.05, 0) is 16.8 Å². The standard InChI is InChI=1S/C16H12N10O2/c27-15-11-14(20-16(28)21-15)19-13(18-11)9-6-17-22-10(9)5-7-2-1-3-8(4-7)12-23-25-26-24-12/h1-4,6H,5H2,(H,17,22)(H,23,24,25,26)(H3,18,19,20,21,27,28). The van der Waals surface area contributed by atoms with E-state index in [0.29, 0.717) is 23.6 Å². The van der Waals surface area contributed by atoms with Gasteiger partial charge in [0.1, 0.15) is 11.3 Å². The van der Waals surface area contributed by atoms with E-state index in [4.69, 9.17) is 0 Å². The van der Waals surface area contributed by atoms with Gasteiger partial charge in [0.25, 0.3) is 5.56 Å². The minimum atomic E-state index is -0.610. The molecule has 4 aromatic heterocycles. The predicted octanol–water partition coefficient (Wildman–Crippen LogP) is 0.100. The summed E-state index contributed by atoms with van der Waals surface area (Å²) < 4.78 is 0. The van der Waals surface area contributed by atoms with Crippen molar-refractivity contribution in [3.05, 3.63) is 62.6 Å². The van der Waals surface area contributed by atoms with Crippen LogP contribution in [0.2, 0.25) is 0 Å². The zero-order chi connectivity index (χ0) is 19.1. The van der Waals surface area contributed by atoms with Crippen LogP contribution in [0.25, 0.3) is 33.9 Å². The number of fused-ring (bicyclic) bond motifs is 1. The van der Waals surface area contributed by atoms with Gasteiger partial charge in [0, 0.05) is 12.0 Å². The lowest BCUT2D eigenvalue weighted by Gasteiger charge is -2.03. The fourth-order valence-electron chi connectivity index (χ4n) is 3.02. The Kier molecular flexibility index (Phi) is 3.47. The third-order valence-electron chi connectivity index (χ3n) is 4.27. The van der Waals surface area contributed by atoms with E-state index < -0.39 is 11.2 Å². The Bertz CT molecular complexity index is 1390. The first kappa shape index (κ1) is 15.9. The number of benzene rings is 1. The minimum absolute atomic E-state index is 0.190. The van der Waals surface area contributed by atoms with Crippen molar-refractivity contribution < 1.29 is 0 Å². The van der Waals surface area contributed by atoms with Gasteiger partial charge < -0.3 is 4.98 Å². The maximum Gasteiger partial charge on any atom is 0.327 e. The van der Waals surface area contributed by atoms with Gasteiger partial charge in [0.05, 0.1) is 17.5 Å². The zero-order valence-corrected chi connectivity index (χ0v) is 14.1. The lowest BCUT2D eigenvalue weighted by Crippen LogP contribution is -2.21. The van der Waals surface area contributed by atoms with Crippen LogP contribution in [0, 0.1) is 0 Å². The Balaban J connectivity index is 1.52. The molecule has 0 aliphatic rings. The van der Waals surface area contributed by atoms with Crippen molar-refractivity contribution in [2.45, 2.75) is 6.42 Å². The Morgan fingerprint density at radius 1 is 1.07 bits per heavy atom. The van der Waals surface area contributed by atoms with Crippen LogP contribution in [-0.4, -0.2) is 50.8 Å². The first-order valence-corrected chi connectivity index (χ1v) is 8.25. The maximum atomic E-state index is 11.9. The van der Waals surface area contributed by atoms with E-state index in [2.05, 4.69) is 50.8 Å². The summed E-state index contributed by atoms with van der Waals surface area (Å²) in [5.74, 6) is 0.938. The van der Waals surface area contributed by atoms with Crippen molar-refractivity contribution in [2.24, 2.45) is 0 Å². The summed E-state index contributed by atoms with van der Waals surface area (Å²) in [5.41, 5.74) is 2.56. The summed E-state index contributed by atoms with van der Waals surface area (Å²) >= 11 is 0. The van der Waals surface area contributed by atoms with E-state index in [1.165, 1.54) is 0 Å². The van der Waals surface area contributed by atoms with Crippen LogP contribution in [0.1, 0.15) is 11.3 Å². The van der Waals surface area contributed by atoms with Gasteiger partial charge in [0.2, 0.25) is 5.82 Å². The summed E-state index contributed by atoms with van der Waals surface area (Å²) in [6, 6.07) is 7.72. The van der Waals surface area contributed by atoms with Gasteiger partial charge in [-0.15, -0.1) is 10.2 Å². The smallest absolute Gasteiger partial charge is 0.327 e. The Morgan fingerprint density at radius 2 is 2.00 bits per heavy atom. The van der Waals surface area contributed by atoms with Crippen LogP contribution >= 0.6 is 0 Å². The van der Waals surface area contributed by atoms with Crippen LogP contribution in [0.15, 0.2) is 40.1 Å². The van der Waals surface area contributed by atoms with E-state index in [9.17, 15) is 9.59 Å². The molecule has 0 radical (unpaired) electrons. The second-order valence-electron chi connectivity index (χ2n) is 6.09. The number of rotatable bonds is 4. The minimum Gasteiger partial charge on any atom is -0.332 e. The monoisotopic (exact) mass is 376 g/mol. The molecule has 0 bridgehead atoms. The van der Waals surface area contributed by atoms with Gasteiger partial charge >= 0.3 is 5.69 Å². The number of H-pyrrole nitrogens is 5. The molecule has 5 aromatic rings. The van der Waals surface area contributed by atoms with Crippen LogP contribution < -0.4 is 11.2 Å². The highest BCUT2D eigenvalue weighted by Gasteiger charge is 2.15. The fraction of sp³-hybridized carbons (Fsp3) is 0.0625. The summed E-state index contributed by atoms with van der Waals surface area (Å²) in [7, 11) is 0. The van der Waals surface area contributed by atoms with E-state index in [1.54, 1.807) is 6.20 Å². The van der Waals surface area contributed by atoms with Crippen molar-refractivity contribution in [3.8, 4) is 22.8 Å². The highest BCUT2D eigenvalue weighted by atomic mass is 16.2. The van der Waals surface area contributed by atoms with Gasteiger partial charge in [-0.25, -0.2) is 9.78 Å². The Labute approximate surface area is 154 Å². The predicted molar refractivity (Wildman–Crippen MR) is 97.3 cm³/mol. The highest BCUT2D eigenvalue weighted by Crippen LogP contribution is 2.24. The molecule has 0 saturated carbocycles. The molecule has 138 valence electrons. The van der Waals surface area contributed by atoms with E-state index in [1.807, 2.05) is 24.3 Å². The molecular formula is C16H12N10O2. The molecule has 1 aromatic carbocycles. The molecule has 0 fully saturated rings. The first-order chi connectivity index (χ1) is 13.7.